The van der Waals surface area contributed by atoms with E-state index < -0.39 is 0 Å². The molecule has 0 spiro atoms. The summed E-state index contributed by atoms with van der Waals surface area (Å²) >= 11 is 0. The number of hydrogen-bond donors (Lipinski definition) is 3. The lowest BCUT2D eigenvalue weighted by molar-refractivity contribution is -0.203. The summed E-state index contributed by atoms with van der Waals surface area (Å²) in [5.41, 5.74) is 2.34. The van der Waals surface area contributed by atoms with Crippen LogP contribution in [-0.2, 0) is 4.79 Å². The van der Waals surface area contributed by atoms with Crippen molar-refractivity contribution in [3.05, 3.63) is 11.6 Å². The van der Waals surface area contributed by atoms with Crippen LogP contribution in [-0.4, -0.2) is 61.3 Å². The molecule has 5 fully saturated rings. The van der Waals surface area contributed by atoms with Gasteiger partial charge in [0.2, 0.25) is 5.91 Å². The molecule has 5 aliphatic carbocycles. The number of piperazine rings is 1. The average Bonchev–Trinajstić information content (AvgIpc) is 2.94. The van der Waals surface area contributed by atoms with E-state index in [-0.39, 0.29) is 38.6 Å². The predicted molar refractivity (Wildman–Crippen MR) is 172 cm³/mol. The fraction of sp³-hybridized carbons (Fsp3) is 0.919. The van der Waals surface area contributed by atoms with E-state index in [2.05, 4.69) is 70.1 Å². The van der Waals surface area contributed by atoms with Gasteiger partial charge in [-0.15, -0.1) is 0 Å². The summed E-state index contributed by atoms with van der Waals surface area (Å²) in [6.07, 6.45) is 14.8. The van der Waals surface area contributed by atoms with Gasteiger partial charge in [-0.25, -0.2) is 0 Å². The Balaban J connectivity index is 1.27. The Bertz CT molecular complexity index is 1080. The van der Waals surface area contributed by atoms with Gasteiger partial charge in [-0.2, -0.15) is 0 Å². The third-order valence-electron chi connectivity index (χ3n) is 15.2. The Morgan fingerprint density at radius 3 is 2.40 bits per heavy atom. The molecule has 42 heavy (non-hydrogen) atoms. The molecule has 0 aromatic rings. The number of carbonyl (C=O) groups is 1. The molecule has 0 bridgehead atoms. The van der Waals surface area contributed by atoms with Gasteiger partial charge >= 0.3 is 0 Å². The third kappa shape index (κ3) is 4.60. The summed E-state index contributed by atoms with van der Waals surface area (Å²) in [4.78, 5) is 16.8. The molecule has 6 rings (SSSR count). The highest BCUT2D eigenvalue weighted by Gasteiger charge is 2.69. The highest BCUT2D eigenvalue weighted by atomic mass is 16.3. The fourth-order valence-electron chi connectivity index (χ4n) is 12.3. The molecule has 1 amide bonds. The van der Waals surface area contributed by atoms with E-state index in [1.54, 1.807) is 5.57 Å². The lowest BCUT2D eigenvalue weighted by atomic mass is 9.33. The smallest absolute Gasteiger partial charge is 0.226 e. The number of aliphatic hydroxyl groups is 1. The Morgan fingerprint density at radius 2 is 1.67 bits per heavy atom. The first-order valence-corrected chi connectivity index (χ1v) is 17.8. The largest absolute Gasteiger partial charge is 0.393 e. The standard InChI is InChI=1S/C37H63N3O2/c1-32(2)15-17-37(31(42)39-19-8-22-40-23-20-38-21-24-40)18-16-35(6)26(27(37)25-32)9-10-29-34(5)13-12-30(41)33(3,4)28(34)11-14-36(29,35)7/h9,27-30,38,41H,8,10-25H2,1-7H3,(H,39,42)/t27-,28-,29+,30-,34-,35+,36+,37-/m0/s1. The molecule has 3 N–H and O–H groups in total. The van der Waals surface area contributed by atoms with Crippen LogP contribution in [0.5, 0.6) is 0 Å². The SMILES string of the molecule is CC1(C)CC[C@]2(C(=O)NCCCN3CCNCC3)CC[C@]3(C)C(=CC[C@@H]4[C@@]5(C)CC[C@H](O)C(C)(C)[C@@H]5CC[C@]43C)[C@@H]2C1. The van der Waals surface area contributed by atoms with Crippen LogP contribution in [0.2, 0.25) is 0 Å². The van der Waals surface area contributed by atoms with Crippen molar-refractivity contribution in [1.29, 1.82) is 0 Å². The van der Waals surface area contributed by atoms with E-state index in [4.69, 9.17) is 0 Å². The normalized spacial score (nSPS) is 46.3. The Labute approximate surface area is 257 Å². The second kappa shape index (κ2) is 10.6. The van der Waals surface area contributed by atoms with Crippen LogP contribution >= 0.6 is 0 Å². The minimum absolute atomic E-state index is 0.0166. The zero-order valence-corrected chi connectivity index (χ0v) is 28.2. The molecule has 6 aliphatic rings. The number of carbonyl (C=O) groups excluding carboxylic acids is 1. The summed E-state index contributed by atoms with van der Waals surface area (Å²) in [7, 11) is 0. The molecular formula is C37H63N3O2. The summed E-state index contributed by atoms with van der Waals surface area (Å²) in [5, 5.41) is 18.0. The van der Waals surface area contributed by atoms with E-state index >= 15 is 0 Å². The Hall–Kier alpha value is -0.910. The predicted octanol–water partition coefficient (Wildman–Crippen LogP) is 6.56. The van der Waals surface area contributed by atoms with E-state index in [0.717, 1.165) is 97.1 Å². The molecule has 4 saturated carbocycles. The van der Waals surface area contributed by atoms with Crippen LogP contribution in [0.4, 0.5) is 0 Å². The van der Waals surface area contributed by atoms with Crippen LogP contribution < -0.4 is 10.6 Å². The van der Waals surface area contributed by atoms with Gasteiger partial charge in [0.05, 0.1) is 11.5 Å². The third-order valence-corrected chi connectivity index (χ3v) is 15.2. The van der Waals surface area contributed by atoms with Crippen molar-refractivity contribution in [2.75, 3.05) is 39.3 Å². The van der Waals surface area contributed by atoms with Gasteiger partial charge in [-0.05, 0) is 122 Å². The van der Waals surface area contributed by atoms with Crippen molar-refractivity contribution in [2.24, 2.45) is 50.2 Å². The summed E-state index contributed by atoms with van der Waals surface area (Å²) < 4.78 is 0. The van der Waals surface area contributed by atoms with Crippen molar-refractivity contribution in [1.82, 2.24) is 15.5 Å². The average molecular weight is 582 g/mol. The zero-order chi connectivity index (χ0) is 30.2. The van der Waals surface area contributed by atoms with Crippen LogP contribution in [0.25, 0.3) is 0 Å². The molecule has 1 saturated heterocycles. The number of rotatable bonds is 5. The van der Waals surface area contributed by atoms with Crippen LogP contribution in [0.15, 0.2) is 11.6 Å². The van der Waals surface area contributed by atoms with Crippen LogP contribution in [0.1, 0.15) is 119 Å². The van der Waals surface area contributed by atoms with E-state index in [1.807, 2.05) is 0 Å². The zero-order valence-electron chi connectivity index (χ0n) is 28.2. The molecule has 238 valence electrons. The summed E-state index contributed by atoms with van der Waals surface area (Å²) in [6.45, 7) is 23.8. The van der Waals surface area contributed by atoms with Gasteiger partial charge in [0.25, 0.3) is 0 Å². The van der Waals surface area contributed by atoms with Crippen molar-refractivity contribution in [2.45, 2.75) is 125 Å². The van der Waals surface area contributed by atoms with E-state index in [9.17, 15) is 9.90 Å². The van der Waals surface area contributed by atoms with Gasteiger partial charge in [0, 0.05) is 32.7 Å². The molecule has 0 radical (unpaired) electrons. The number of aliphatic hydroxyl groups excluding tert-OH is 1. The van der Waals surface area contributed by atoms with Gasteiger partial charge in [-0.1, -0.05) is 60.1 Å². The van der Waals surface area contributed by atoms with Crippen molar-refractivity contribution < 1.29 is 9.90 Å². The highest BCUT2D eigenvalue weighted by Crippen LogP contribution is 2.75. The van der Waals surface area contributed by atoms with Crippen molar-refractivity contribution in [3.8, 4) is 0 Å². The lowest BCUT2D eigenvalue weighted by Gasteiger charge is -2.71. The number of amides is 1. The monoisotopic (exact) mass is 581 g/mol. The summed E-state index contributed by atoms with van der Waals surface area (Å²) in [6, 6.07) is 0. The maximum absolute atomic E-state index is 14.3. The van der Waals surface area contributed by atoms with Crippen molar-refractivity contribution in [3.63, 3.8) is 0 Å². The number of nitrogens with one attached hydrogen (secondary N) is 2. The maximum atomic E-state index is 14.3. The Morgan fingerprint density at radius 1 is 0.952 bits per heavy atom. The van der Waals surface area contributed by atoms with Gasteiger partial charge in [-0.3, -0.25) is 4.79 Å². The first-order chi connectivity index (χ1) is 19.7. The molecule has 5 heteroatoms. The first kappa shape index (κ1) is 31.1. The molecule has 1 aliphatic heterocycles. The minimum atomic E-state index is -0.239. The number of nitrogens with zero attached hydrogens (tertiary/aromatic N) is 1. The minimum Gasteiger partial charge on any atom is -0.393 e. The Kier molecular flexibility index (Phi) is 7.83. The van der Waals surface area contributed by atoms with Crippen molar-refractivity contribution >= 4 is 5.91 Å². The first-order valence-electron chi connectivity index (χ1n) is 17.8. The molecule has 8 atom stereocenters. The van der Waals surface area contributed by atoms with Gasteiger partial charge < -0.3 is 20.6 Å². The van der Waals surface area contributed by atoms with Gasteiger partial charge in [0.1, 0.15) is 0 Å². The summed E-state index contributed by atoms with van der Waals surface area (Å²) in [5.74, 6) is 1.94. The topological polar surface area (TPSA) is 64.6 Å². The molecule has 0 aromatic heterocycles. The van der Waals surface area contributed by atoms with Crippen LogP contribution in [0.3, 0.4) is 0 Å². The molecule has 5 nitrogen and oxygen atoms in total. The quantitative estimate of drug-likeness (QED) is 0.254. The lowest BCUT2D eigenvalue weighted by Crippen LogP contribution is -2.65. The number of fused-ring (bicyclic) bond motifs is 7. The maximum Gasteiger partial charge on any atom is 0.226 e. The fourth-order valence-corrected chi connectivity index (χ4v) is 12.3. The highest BCUT2D eigenvalue weighted by molar-refractivity contribution is 5.84. The second-order valence-corrected chi connectivity index (χ2v) is 17.9. The van der Waals surface area contributed by atoms with Gasteiger partial charge in [0.15, 0.2) is 0 Å². The molecular weight excluding hydrogens is 518 g/mol. The molecule has 0 aromatic carbocycles. The van der Waals surface area contributed by atoms with E-state index in [0.29, 0.717) is 23.7 Å². The number of hydrogen-bond acceptors (Lipinski definition) is 4. The second-order valence-electron chi connectivity index (χ2n) is 17.9. The van der Waals surface area contributed by atoms with E-state index in [1.165, 1.54) is 12.8 Å². The molecule has 1 heterocycles. The molecule has 0 unspecified atom stereocenters. The number of allylic oxidation sites excluding steroid dienone is 2. The van der Waals surface area contributed by atoms with Crippen LogP contribution in [0, 0.1) is 50.2 Å².